The van der Waals surface area contributed by atoms with Crippen molar-refractivity contribution in [1.29, 1.82) is 10.5 Å². The average molecular weight is 255 g/mol. The van der Waals surface area contributed by atoms with Crippen LogP contribution in [-0.2, 0) is 4.79 Å². The van der Waals surface area contributed by atoms with Crippen molar-refractivity contribution in [2.75, 3.05) is 24.0 Å². The van der Waals surface area contributed by atoms with Crippen LogP contribution in [0.3, 0.4) is 0 Å². The van der Waals surface area contributed by atoms with E-state index >= 15 is 0 Å². The zero-order chi connectivity index (χ0) is 13.8. The Kier molecular flexibility index (Phi) is 3.31. The highest BCUT2D eigenvalue weighted by Crippen LogP contribution is 2.37. The summed E-state index contributed by atoms with van der Waals surface area (Å²) < 4.78 is 5.30. The molecule has 0 aromatic heterocycles. The van der Waals surface area contributed by atoms with Crippen LogP contribution in [0.25, 0.3) is 0 Å². The number of hydrogen-bond donors (Lipinski definition) is 1. The first-order valence-electron chi connectivity index (χ1n) is 5.33. The van der Waals surface area contributed by atoms with E-state index in [4.69, 9.17) is 15.3 Å². The van der Waals surface area contributed by atoms with Gasteiger partial charge in [0.2, 0.25) is 5.71 Å². The van der Waals surface area contributed by atoms with E-state index in [9.17, 15) is 4.79 Å². The van der Waals surface area contributed by atoms with E-state index in [1.54, 1.807) is 37.4 Å². The maximum atomic E-state index is 11.6. The van der Waals surface area contributed by atoms with Crippen molar-refractivity contribution in [2.45, 2.75) is 0 Å². The van der Waals surface area contributed by atoms with Crippen LogP contribution >= 0.6 is 0 Å². The zero-order valence-corrected chi connectivity index (χ0v) is 10.0. The number of benzene rings is 1. The Labute approximate surface area is 109 Å². The number of fused-ring (bicyclic) bond motifs is 1. The third-order valence-corrected chi connectivity index (χ3v) is 2.56. The highest BCUT2D eigenvalue weighted by molar-refractivity contribution is 6.10. The molecule has 0 aliphatic carbocycles. The van der Waals surface area contributed by atoms with E-state index < -0.39 is 0 Å². The minimum atomic E-state index is -0.302. The summed E-state index contributed by atoms with van der Waals surface area (Å²) in [4.78, 5) is 13.0. The second kappa shape index (κ2) is 5.07. The van der Waals surface area contributed by atoms with Gasteiger partial charge in [-0.2, -0.15) is 15.6 Å². The summed E-state index contributed by atoms with van der Waals surface area (Å²) in [6, 6.07) is 8.39. The van der Waals surface area contributed by atoms with Crippen molar-refractivity contribution in [3.63, 3.8) is 0 Å². The lowest BCUT2D eigenvalue weighted by Crippen LogP contribution is -2.35. The van der Waals surface area contributed by atoms with Crippen molar-refractivity contribution in [3.05, 3.63) is 18.2 Å². The molecule has 2 rings (SSSR count). The van der Waals surface area contributed by atoms with E-state index in [1.165, 1.54) is 4.90 Å². The van der Waals surface area contributed by atoms with E-state index in [0.29, 0.717) is 17.1 Å². The molecule has 0 bridgehead atoms. The van der Waals surface area contributed by atoms with Crippen molar-refractivity contribution < 1.29 is 9.53 Å². The molecule has 0 saturated heterocycles. The summed E-state index contributed by atoms with van der Waals surface area (Å²) in [6.07, 6.45) is 0. The maximum Gasteiger partial charge on any atom is 0.264 e. The smallest absolute Gasteiger partial charge is 0.264 e. The first-order chi connectivity index (χ1) is 9.17. The van der Waals surface area contributed by atoms with Crippen molar-refractivity contribution in [3.8, 4) is 17.9 Å². The molecule has 1 amide bonds. The number of para-hydroxylation sites is 1. The first-order valence-corrected chi connectivity index (χ1v) is 5.33. The number of nitrogens with zero attached hydrogens (tertiary/aromatic N) is 4. The molecular formula is C12H9N5O2. The number of nitrogens with one attached hydrogen (secondary N) is 1. The van der Waals surface area contributed by atoms with Crippen LogP contribution < -0.4 is 15.1 Å². The lowest BCUT2D eigenvalue weighted by molar-refractivity contribution is -0.120. The molecule has 1 heterocycles. The predicted octanol–water partition coefficient (Wildman–Crippen LogP) is 0.857. The molecular weight excluding hydrogens is 246 g/mol. The van der Waals surface area contributed by atoms with Gasteiger partial charge in [-0.05, 0) is 12.1 Å². The van der Waals surface area contributed by atoms with Crippen LogP contribution in [0.2, 0.25) is 0 Å². The van der Waals surface area contributed by atoms with Crippen molar-refractivity contribution in [2.24, 2.45) is 5.10 Å². The second-order valence-corrected chi connectivity index (χ2v) is 3.69. The summed E-state index contributed by atoms with van der Waals surface area (Å²) in [5, 5.41) is 20.9. The summed E-state index contributed by atoms with van der Waals surface area (Å²) in [5.41, 5.74) is 3.30. The lowest BCUT2D eigenvalue weighted by Gasteiger charge is -2.27. The minimum absolute atomic E-state index is 0.0160. The number of ether oxygens (including phenoxy) is 1. The highest BCUT2D eigenvalue weighted by atomic mass is 16.5. The van der Waals surface area contributed by atoms with Crippen molar-refractivity contribution >= 4 is 23.0 Å². The van der Waals surface area contributed by atoms with Crippen LogP contribution in [0.1, 0.15) is 0 Å². The fraction of sp³-hybridized carbons (Fsp3) is 0.167. The van der Waals surface area contributed by atoms with Crippen LogP contribution in [0, 0.1) is 22.7 Å². The van der Waals surface area contributed by atoms with E-state index in [0.717, 1.165) is 0 Å². The summed E-state index contributed by atoms with van der Waals surface area (Å²) in [7, 11) is 1.62. The molecule has 1 aliphatic rings. The summed E-state index contributed by atoms with van der Waals surface area (Å²) in [5.74, 6) is 0.351. The number of amides is 1. The third kappa shape index (κ3) is 2.31. The molecule has 1 N–H and O–H groups in total. The summed E-state index contributed by atoms with van der Waals surface area (Å²) in [6.45, 7) is -0.0160. The molecule has 1 aromatic rings. The fourth-order valence-corrected chi connectivity index (χ4v) is 1.63. The van der Waals surface area contributed by atoms with E-state index in [1.807, 2.05) is 0 Å². The molecule has 7 heteroatoms. The molecule has 19 heavy (non-hydrogen) atoms. The highest BCUT2D eigenvalue weighted by Gasteiger charge is 2.24. The number of nitriles is 2. The Hall–Kier alpha value is -3.06. The van der Waals surface area contributed by atoms with Crippen LogP contribution in [-0.4, -0.2) is 25.3 Å². The molecule has 0 atom stereocenters. The Morgan fingerprint density at radius 2 is 2.21 bits per heavy atom. The third-order valence-electron chi connectivity index (χ3n) is 2.56. The van der Waals surface area contributed by atoms with E-state index in [2.05, 4.69) is 10.5 Å². The molecule has 1 aromatic carbocycles. The van der Waals surface area contributed by atoms with Gasteiger partial charge in [-0.3, -0.25) is 10.2 Å². The number of anilines is 2. The van der Waals surface area contributed by atoms with Gasteiger partial charge in [-0.1, -0.05) is 6.07 Å². The lowest BCUT2D eigenvalue weighted by atomic mass is 10.2. The van der Waals surface area contributed by atoms with Gasteiger partial charge in [-0.15, -0.1) is 0 Å². The normalized spacial score (nSPS) is 12.6. The van der Waals surface area contributed by atoms with Gasteiger partial charge in [-0.25, -0.2) is 0 Å². The standard InChI is InChI=1S/C12H9N5O2/c1-17-11(18)7-19-10-4-2-3-9(12(10)17)16-15-8(5-13)6-14/h2-4,16H,7H2,1H3. The monoisotopic (exact) mass is 255 g/mol. The Morgan fingerprint density at radius 3 is 2.89 bits per heavy atom. The molecule has 1 aliphatic heterocycles. The molecule has 0 fully saturated rings. The zero-order valence-electron chi connectivity index (χ0n) is 10.0. The molecule has 0 radical (unpaired) electrons. The number of carbonyl (C=O) groups excluding carboxylic acids is 1. The molecule has 0 saturated carbocycles. The Morgan fingerprint density at radius 1 is 1.47 bits per heavy atom. The Bertz CT molecular complexity index is 623. The SMILES string of the molecule is CN1C(=O)COc2cccc(NN=C(C#N)C#N)c21. The Balaban J connectivity index is 2.39. The molecule has 0 spiro atoms. The fourth-order valence-electron chi connectivity index (χ4n) is 1.63. The molecule has 0 unspecified atom stereocenters. The van der Waals surface area contributed by atoms with Crippen LogP contribution in [0.5, 0.6) is 5.75 Å². The van der Waals surface area contributed by atoms with Gasteiger partial charge in [0.05, 0.1) is 5.69 Å². The number of rotatable bonds is 2. The summed E-state index contributed by atoms with van der Waals surface area (Å²) >= 11 is 0. The van der Waals surface area contributed by atoms with Crippen LogP contribution in [0.4, 0.5) is 11.4 Å². The van der Waals surface area contributed by atoms with Crippen molar-refractivity contribution in [1.82, 2.24) is 0 Å². The van der Waals surface area contributed by atoms with Gasteiger partial charge in [0.25, 0.3) is 5.91 Å². The van der Waals surface area contributed by atoms with Gasteiger partial charge < -0.3 is 9.64 Å². The number of carbonyl (C=O) groups is 1. The quantitative estimate of drug-likeness (QED) is 0.623. The molecule has 7 nitrogen and oxygen atoms in total. The van der Waals surface area contributed by atoms with Crippen LogP contribution in [0.15, 0.2) is 23.3 Å². The largest absolute Gasteiger partial charge is 0.481 e. The number of likely N-dealkylation sites (N-methyl/N-ethyl adjacent to an activating group) is 1. The predicted molar refractivity (Wildman–Crippen MR) is 67.6 cm³/mol. The molecule has 94 valence electrons. The first kappa shape index (κ1) is 12.4. The maximum absolute atomic E-state index is 11.6. The number of hydrazone groups is 1. The second-order valence-electron chi connectivity index (χ2n) is 3.69. The van der Waals surface area contributed by atoms with E-state index in [-0.39, 0.29) is 18.2 Å². The number of hydrogen-bond acceptors (Lipinski definition) is 6. The van der Waals surface area contributed by atoms with Gasteiger partial charge >= 0.3 is 0 Å². The minimum Gasteiger partial charge on any atom is -0.481 e. The van der Waals surface area contributed by atoms with Gasteiger partial charge in [0.15, 0.2) is 6.61 Å². The van der Waals surface area contributed by atoms with Gasteiger partial charge in [0.1, 0.15) is 23.6 Å². The van der Waals surface area contributed by atoms with Gasteiger partial charge in [0, 0.05) is 7.05 Å². The topological polar surface area (TPSA) is 102 Å². The average Bonchev–Trinajstić information content (AvgIpc) is 2.44.